The van der Waals surface area contributed by atoms with Crippen molar-refractivity contribution in [3.8, 4) is 11.8 Å². The molecular weight excluding hydrogens is 370 g/mol. The van der Waals surface area contributed by atoms with Gasteiger partial charge in [0.15, 0.2) is 0 Å². The molecule has 0 saturated carbocycles. The van der Waals surface area contributed by atoms with Crippen LogP contribution in [0.5, 0.6) is 0 Å². The van der Waals surface area contributed by atoms with E-state index in [2.05, 4.69) is 11.8 Å². The molecule has 1 N–H and O–H groups in total. The van der Waals surface area contributed by atoms with Gasteiger partial charge in [-0.1, -0.05) is 5.92 Å². The minimum Gasteiger partial charge on any atom is -0.437 e. The Bertz CT molecular complexity index is 795. The smallest absolute Gasteiger partial charge is 0.437 e. The number of ether oxygens (including phenoxy) is 2. The summed E-state index contributed by atoms with van der Waals surface area (Å²) in [4.78, 5) is 17.3. The highest BCUT2D eigenvalue weighted by atomic mass is 16.7. The number of benzene rings is 1. The molecule has 158 valence electrons. The molecule has 2 rings (SSSR count). The number of hydroxylamine groups is 2. The minimum atomic E-state index is -0.783. The fourth-order valence-corrected chi connectivity index (χ4v) is 3.80. The van der Waals surface area contributed by atoms with E-state index in [4.69, 9.17) is 14.3 Å². The number of hydrogen-bond acceptors (Lipinski definition) is 6. The Morgan fingerprint density at radius 1 is 1.17 bits per heavy atom. The number of rotatable bonds is 3. The van der Waals surface area contributed by atoms with Crippen molar-refractivity contribution < 1.29 is 24.2 Å². The number of aliphatic hydroxyl groups is 1. The largest absolute Gasteiger partial charge is 0.513 e. The van der Waals surface area contributed by atoms with E-state index in [1.165, 1.54) is 7.11 Å². The van der Waals surface area contributed by atoms with Crippen LogP contribution in [-0.2, 0) is 14.3 Å². The van der Waals surface area contributed by atoms with Gasteiger partial charge in [0.25, 0.3) is 0 Å². The van der Waals surface area contributed by atoms with Crippen molar-refractivity contribution in [3.05, 3.63) is 40.1 Å². The molecule has 1 aromatic carbocycles. The number of carbonyl (C=O) groups is 1. The molecule has 6 heteroatoms. The SMILES string of the molecule is CC#Cc1cc(C)c(/C2=C(\OC(=O)OC)CCCN(OC)CCCC2O)c(C)c1. The topological polar surface area (TPSA) is 68.2 Å². The number of nitrogens with zero attached hydrogens (tertiary/aromatic N) is 1. The van der Waals surface area contributed by atoms with Crippen LogP contribution in [0.4, 0.5) is 4.79 Å². The van der Waals surface area contributed by atoms with Crippen LogP contribution in [0.15, 0.2) is 17.9 Å². The Labute approximate surface area is 173 Å². The van der Waals surface area contributed by atoms with Gasteiger partial charge in [-0.3, -0.25) is 0 Å². The molecule has 1 aromatic rings. The highest BCUT2D eigenvalue weighted by Crippen LogP contribution is 2.34. The van der Waals surface area contributed by atoms with Crippen molar-refractivity contribution >= 4 is 11.7 Å². The molecule has 0 bridgehead atoms. The van der Waals surface area contributed by atoms with Gasteiger partial charge < -0.3 is 19.4 Å². The fourth-order valence-electron chi connectivity index (χ4n) is 3.80. The van der Waals surface area contributed by atoms with E-state index < -0.39 is 12.3 Å². The van der Waals surface area contributed by atoms with Gasteiger partial charge in [-0.2, -0.15) is 5.06 Å². The summed E-state index contributed by atoms with van der Waals surface area (Å²) in [5.41, 5.74) is 4.46. The summed E-state index contributed by atoms with van der Waals surface area (Å²) in [6.45, 7) is 7.22. The van der Waals surface area contributed by atoms with Crippen molar-refractivity contribution in [2.45, 2.75) is 52.6 Å². The molecule has 1 unspecified atom stereocenters. The zero-order valence-corrected chi connectivity index (χ0v) is 18.0. The van der Waals surface area contributed by atoms with Crippen molar-refractivity contribution in [3.63, 3.8) is 0 Å². The van der Waals surface area contributed by atoms with Crippen molar-refractivity contribution in [1.82, 2.24) is 5.06 Å². The maximum atomic E-state index is 11.9. The van der Waals surface area contributed by atoms with Gasteiger partial charge in [0, 0.05) is 30.6 Å². The van der Waals surface area contributed by atoms with Gasteiger partial charge in [0.1, 0.15) is 5.76 Å². The number of allylic oxidation sites excluding steroid dienone is 1. The van der Waals surface area contributed by atoms with Crippen molar-refractivity contribution in [1.29, 1.82) is 0 Å². The van der Waals surface area contributed by atoms with Gasteiger partial charge >= 0.3 is 6.16 Å². The third-order valence-electron chi connectivity index (χ3n) is 5.03. The second-order valence-corrected chi connectivity index (χ2v) is 7.13. The average molecular weight is 402 g/mol. The summed E-state index contributed by atoms with van der Waals surface area (Å²) in [6.07, 6.45) is 0.922. The quantitative estimate of drug-likeness (QED) is 0.611. The summed E-state index contributed by atoms with van der Waals surface area (Å²) in [5, 5.41) is 13.0. The van der Waals surface area contributed by atoms with E-state index in [1.807, 2.05) is 31.0 Å². The first-order valence-electron chi connectivity index (χ1n) is 9.91. The summed E-state index contributed by atoms with van der Waals surface area (Å²) in [6, 6.07) is 4.00. The molecule has 1 heterocycles. The normalized spacial score (nSPS) is 21.1. The first kappa shape index (κ1) is 23.0. The van der Waals surface area contributed by atoms with Crippen LogP contribution in [0.1, 0.15) is 54.9 Å². The highest BCUT2D eigenvalue weighted by molar-refractivity contribution is 5.77. The van der Waals surface area contributed by atoms with Crippen LogP contribution < -0.4 is 0 Å². The van der Waals surface area contributed by atoms with Crippen LogP contribution in [-0.4, -0.2) is 49.7 Å². The molecule has 6 nitrogen and oxygen atoms in total. The molecule has 0 fully saturated rings. The number of methoxy groups -OCH3 is 1. The molecule has 0 amide bonds. The monoisotopic (exact) mass is 401 g/mol. The standard InChI is InChI=1S/C23H31NO5/c1-6-9-18-14-16(2)21(17(3)15-18)22-19(25)10-7-12-24(28-5)13-8-11-20(22)29-23(26)27-4/h14-15,19,25H,7-8,10-13H2,1-5H3/b22-20-. The zero-order valence-electron chi connectivity index (χ0n) is 18.0. The maximum Gasteiger partial charge on any atom is 0.513 e. The fraction of sp³-hybridized carbons (Fsp3) is 0.522. The van der Waals surface area contributed by atoms with E-state index in [1.54, 1.807) is 14.0 Å². The van der Waals surface area contributed by atoms with Gasteiger partial charge in [-0.05, 0) is 68.9 Å². The lowest BCUT2D eigenvalue weighted by molar-refractivity contribution is -0.133. The summed E-state index contributed by atoms with van der Waals surface area (Å²) >= 11 is 0. The maximum absolute atomic E-state index is 11.9. The van der Waals surface area contributed by atoms with E-state index in [-0.39, 0.29) is 0 Å². The summed E-state index contributed by atoms with van der Waals surface area (Å²) in [7, 11) is 2.92. The number of aryl methyl sites for hydroxylation is 2. The van der Waals surface area contributed by atoms with Gasteiger partial charge in [0.2, 0.25) is 0 Å². The Hall–Kier alpha value is -2.33. The Balaban J connectivity index is 2.59. The highest BCUT2D eigenvalue weighted by Gasteiger charge is 2.26. The molecule has 1 aliphatic heterocycles. The molecule has 0 radical (unpaired) electrons. The van der Waals surface area contributed by atoms with Crippen LogP contribution in [0.2, 0.25) is 0 Å². The summed E-state index contributed by atoms with van der Waals surface area (Å²) in [5.74, 6) is 6.45. The van der Waals surface area contributed by atoms with E-state index in [0.717, 1.165) is 35.2 Å². The Morgan fingerprint density at radius 3 is 2.41 bits per heavy atom. The minimum absolute atomic E-state index is 0.447. The Kier molecular flexibility index (Phi) is 8.71. The predicted molar refractivity (Wildman–Crippen MR) is 112 cm³/mol. The molecule has 29 heavy (non-hydrogen) atoms. The second-order valence-electron chi connectivity index (χ2n) is 7.13. The molecule has 0 spiro atoms. The molecule has 0 aromatic heterocycles. The third-order valence-corrected chi connectivity index (χ3v) is 5.03. The van der Waals surface area contributed by atoms with Gasteiger partial charge in [-0.25, -0.2) is 4.79 Å². The van der Waals surface area contributed by atoms with E-state index in [9.17, 15) is 9.90 Å². The Morgan fingerprint density at radius 2 is 1.83 bits per heavy atom. The van der Waals surface area contributed by atoms with E-state index >= 15 is 0 Å². The lowest BCUT2D eigenvalue weighted by Gasteiger charge is -2.26. The number of carbonyl (C=O) groups excluding carboxylic acids is 1. The molecule has 0 aliphatic carbocycles. The first-order chi connectivity index (χ1) is 13.9. The summed E-state index contributed by atoms with van der Waals surface area (Å²) < 4.78 is 10.3. The molecular formula is C23H31NO5. The van der Waals surface area contributed by atoms with Crippen molar-refractivity contribution in [2.75, 3.05) is 27.3 Å². The molecule has 0 saturated heterocycles. The van der Waals surface area contributed by atoms with Gasteiger partial charge in [-0.15, -0.1) is 5.92 Å². The predicted octanol–water partition coefficient (Wildman–Crippen LogP) is 3.97. The van der Waals surface area contributed by atoms with Crippen LogP contribution in [0, 0.1) is 25.7 Å². The zero-order chi connectivity index (χ0) is 21.4. The van der Waals surface area contributed by atoms with Crippen LogP contribution in [0.25, 0.3) is 5.57 Å². The second kappa shape index (κ2) is 11.0. The third kappa shape index (κ3) is 6.07. The van der Waals surface area contributed by atoms with Crippen LogP contribution in [0.3, 0.4) is 0 Å². The van der Waals surface area contributed by atoms with Crippen LogP contribution >= 0.6 is 0 Å². The molecule has 1 aliphatic rings. The van der Waals surface area contributed by atoms with Crippen molar-refractivity contribution in [2.24, 2.45) is 0 Å². The number of hydrogen-bond donors (Lipinski definition) is 1. The first-order valence-corrected chi connectivity index (χ1v) is 9.91. The lowest BCUT2D eigenvalue weighted by Crippen LogP contribution is -2.28. The lowest BCUT2D eigenvalue weighted by atomic mass is 9.87. The molecule has 1 atom stereocenters. The average Bonchev–Trinajstić information content (AvgIpc) is 2.68. The van der Waals surface area contributed by atoms with E-state index in [0.29, 0.717) is 37.1 Å². The number of aliphatic hydroxyl groups excluding tert-OH is 1. The van der Waals surface area contributed by atoms with Gasteiger partial charge in [0.05, 0.1) is 20.3 Å².